The molecule has 0 aromatic heterocycles. The number of ether oxygens (including phenoxy) is 1. The van der Waals surface area contributed by atoms with Gasteiger partial charge < -0.3 is 9.84 Å². The molecule has 0 saturated carbocycles. The predicted octanol–water partition coefficient (Wildman–Crippen LogP) is 3.30. The molecule has 0 bridgehead atoms. The number of rotatable bonds is 4. The van der Waals surface area contributed by atoms with Crippen molar-refractivity contribution in [3.05, 3.63) is 42.0 Å². The molecule has 0 saturated heterocycles. The Hall–Kier alpha value is -1.98. The number of terminal acetylenes is 1. The first kappa shape index (κ1) is 12.5. The van der Waals surface area contributed by atoms with Crippen molar-refractivity contribution in [3.63, 3.8) is 0 Å². The summed E-state index contributed by atoms with van der Waals surface area (Å²) in [7, 11) is 1.65. The van der Waals surface area contributed by atoms with E-state index in [-0.39, 0.29) is 0 Å². The Balaban J connectivity index is 2.30. The summed E-state index contributed by atoms with van der Waals surface area (Å²) in [6, 6.07) is 11.8. The van der Waals surface area contributed by atoms with Crippen LogP contribution in [0.15, 0.2) is 36.4 Å². The lowest BCUT2D eigenvalue weighted by Crippen LogP contribution is -1.96. The summed E-state index contributed by atoms with van der Waals surface area (Å²) in [6.45, 7) is 0. The molecule has 2 nitrogen and oxygen atoms in total. The molecule has 0 spiro atoms. The molecule has 1 atom stereocenters. The summed E-state index contributed by atoms with van der Waals surface area (Å²) in [5, 5.41) is 12.2. The Morgan fingerprint density at radius 3 is 2.67 bits per heavy atom. The van der Waals surface area contributed by atoms with Crippen LogP contribution in [0.1, 0.15) is 24.5 Å². The van der Waals surface area contributed by atoms with Gasteiger partial charge in [0, 0.05) is 6.42 Å². The van der Waals surface area contributed by atoms with E-state index in [9.17, 15) is 5.11 Å². The number of aliphatic hydroxyl groups is 1. The molecule has 1 N–H and O–H groups in total. The quantitative estimate of drug-likeness (QED) is 0.831. The Morgan fingerprint density at radius 1 is 1.22 bits per heavy atom. The van der Waals surface area contributed by atoms with Crippen LogP contribution in [-0.4, -0.2) is 12.2 Å². The van der Waals surface area contributed by atoms with Gasteiger partial charge in [-0.05, 0) is 41.0 Å². The second-order valence-corrected chi connectivity index (χ2v) is 4.23. The van der Waals surface area contributed by atoms with Crippen LogP contribution in [0.25, 0.3) is 10.8 Å². The maximum absolute atomic E-state index is 9.99. The summed E-state index contributed by atoms with van der Waals surface area (Å²) in [4.78, 5) is 0. The number of hydrogen-bond donors (Lipinski definition) is 1. The number of aliphatic hydroxyl groups excluding tert-OH is 1. The van der Waals surface area contributed by atoms with Gasteiger partial charge in [-0.15, -0.1) is 12.3 Å². The van der Waals surface area contributed by atoms with E-state index in [1.165, 1.54) is 0 Å². The van der Waals surface area contributed by atoms with Gasteiger partial charge in [0.25, 0.3) is 0 Å². The Kier molecular flexibility index (Phi) is 3.86. The summed E-state index contributed by atoms with van der Waals surface area (Å²) < 4.78 is 5.18. The minimum atomic E-state index is -0.493. The normalized spacial score (nSPS) is 12.1. The monoisotopic (exact) mass is 240 g/mol. The van der Waals surface area contributed by atoms with Gasteiger partial charge in [0.2, 0.25) is 0 Å². The van der Waals surface area contributed by atoms with Crippen molar-refractivity contribution in [2.45, 2.75) is 18.9 Å². The van der Waals surface area contributed by atoms with Crippen LogP contribution in [0.4, 0.5) is 0 Å². The van der Waals surface area contributed by atoms with Crippen LogP contribution >= 0.6 is 0 Å². The lowest BCUT2D eigenvalue weighted by Gasteiger charge is -2.10. The number of hydrogen-bond acceptors (Lipinski definition) is 2. The Labute approximate surface area is 107 Å². The largest absolute Gasteiger partial charge is 0.497 e. The van der Waals surface area contributed by atoms with E-state index in [2.05, 4.69) is 5.92 Å². The third-order valence-corrected chi connectivity index (χ3v) is 3.02. The van der Waals surface area contributed by atoms with Crippen molar-refractivity contribution in [1.29, 1.82) is 0 Å². The van der Waals surface area contributed by atoms with Crippen molar-refractivity contribution in [2.75, 3.05) is 7.11 Å². The van der Waals surface area contributed by atoms with Gasteiger partial charge in [-0.1, -0.05) is 18.2 Å². The van der Waals surface area contributed by atoms with Crippen LogP contribution in [0.5, 0.6) is 5.75 Å². The van der Waals surface area contributed by atoms with Gasteiger partial charge in [0.1, 0.15) is 5.75 Å². The summed E-state index contributed by atoms with van der Waals surface area (Å²) in [5.74, 6) is 3.38. The minimum absolute atomic E-state index is 0.493. The van der Waals surface area contributed by atoms with E-state index >= 15 is 0 Å². The number of benzene rings is 2. The third kappa shape index (κ3) is 2.64. The average Bonchev–Trinajstić information content (AvgIpc) is 2.43. The topological polar surface area (TPSA) is 29.5 Å². The number of fused-ring (bicyclic) bond motifs is 1. The molecule has 0 amide bonds. The molecule has 2 rings (SSSR count). The lowest BCUT2D eigenvalue weighted by molar-refractivity contribution is 0.169. The smallest absolute Gasteiger partial charge is 0.119 e. The zero-order valence-corrected chi connectivity index (χ0v) is 10.4. The lowest BCUT2D eigenvalue weighted by atomic mass is 10.0. The van der Waals surface area contributed by atoms with Gasteiger partial charge in [-0.2, -0.15) is 0 Å². The van der Waals surface area contributed by atoms with Crippen LogP contribution in [-0.2, 0) is 0 Å². The maximum Gasteiger partial charge on any atom is 0.119 e. The van der Waals surface area contributed by atoms with Crippen LogP contribution in [0.3, 0.4) is 0 Å². The molecule has 2 aromatic rings. The zero-order chi connectivity index (χ0) is 13.0. The fourth-order valence-corrected chi connectivity index (χ4v) is 1.96. The third-order valence-electron chi connectivity index (χ3n) is 3.02. The van der Waals surface area contributed by atoms with Crippen LogP contribution in [0.2, 0.25) is 0 Å². The average molecular weight is 240 g/mol. The van der Waals surface area contributed by atoms with Crippen LogP contribution < -0.4 is 4.74 Å². The molecular formula is C16H16O2. The zero-order valence-electron chi connectivity index (χ0n) is 10.4. The van der Waals surface area contributed by atoms with Crippen LogP contribution in [0, 0.1) is 12.3 Å². The molecule has 1 unspecified atom stereocenters. The van der Waals surface area contributed by atoms with Gasteiger partial charge in [0.15, 0.2) is 0 Å². The Bertz CT molecular complexity index is 581. The molecule has 0 aliphatic heterocycles. The van der Waals surface area contributed by atoms with Gasteiger partial charge in [0.05, 0.1) is 13.2 Å². The summed E-state index contributed by atoms with van der Waals surface area (Å²) in [5.41, 5.74) is 0.905. The van der Waals surface area contributed by atoms with E-state index in [1.807, 2.05) is 36.4 Å². The summed E-state index contributed by atoms with van der Waals surface area (Å²) in [6.07, 6.45) is 5.89. The van der Waals surface area contributed by atoms with Crippen molar-refractivity contribution in [1.82, 2.24) is 0 Å². The van der Waals surface area contributed by atoms with Gasteiger partial charge in [-0.3, -0.25) is 0 Å². The maximum atomic E-state index is 9.99. The highest BCUT2D eigenvalue weighted by Crippen LogP contribution is 2.25. The molecular weight excluding hydrogens is 224 g/mol. The standard InChI is InChI=1S/C16H16O2/c1-3-4-5-16(17)14-7-6-13-11-15(18-2)9-8-12(13)10-14/h1,6-11,16-17H,4-5H2,2H3. The molecule has 0 aliphatic rings. The van der Waals surface area contributed by atoms with E-state index in [0.717, 1.165) is 22.1 Å². The summed E-state index contributed by atoms with van der Waals surface area (Å²) >= 11 is 0. The highest BCUT2D eigenvalue weighted by molar-refractivity contribution is 5.84. The fraction of sp³-hybridized carbons (Fsp3) is 0.250. The van der Waals surface area contributed by atoms with E-state index < -0.39 is 6.10 Å². The Morgan fingerprint density at radius 2 is 1.94 bits per heavy atom. The molecule has 2 heteroatoms. The first-order valence-corrected chi connectivity index (χ1v) is 5.94. The van der Waals surface area contributed by atoms with Gasteiger partial charge >= 0.3 is 0 Å². The highest BCUT2D eigenvalue weighted by Gasteiger charge is 2.07. The molecule has 92 valence electrons. The second kappa shape index (κ2) is 5.57. The first-order chi connectivity index (χ1) is 8.74. The SMILES string of the molecule is C#CCCC(O)c1ccc2cc(OC)ccc2c1. The molecule has 0 heterocycles. The minimum Gasteiger partial charge on any atom is -0.497 e. The van der Waals surface area contributed by atoms with E-state index in [0.29, 0.717) is 12.8 Å². The highest BCUT2D eigenvalue weighted by atomic mass is 16.5. The molecule has 2 aromatic carbocycles. The molecule has 0 fully saturated rings. The second-order valence-electron chi connectivity index (χ2n) is 4.23. The molecule has 18 heavy (non-hydrogen) atoms. The van der Waals surface area contributed by atoms with E-state index in [4.69, 9.17) is 11.2 Å². The van der Waals surface area contributed by atoms with Gasteiger partial charge in [-0.25, -0.2) is 0 Å². The molecule has 0 aliphatic carbocycles. The van der Waals surface area contributed by atoms with Crippen molar-refractivity contribution in [2.24, 2.45) is 0 Å². The van der Waals surface area contributed by atoms with Crippen molar-refractivity contribution in [3.8, 4) is 18.1 Å². The fourth-order valence-electron chi connectivity index (χ4n) is 1.96. The molecule has 0 radical (unpaired) electrons. The van der Waals surface area contributed by atoms with Crippen molar-refractivity contribution < 1.29 is 9.84 Å². The van der Waals surface area contributed by atoms with Crippen molar-refractivity contribution >= 4 is 10.8 Å². The first-order valence-electron chi connectivity index (χ1n) is 5.94. The predicted molar refractivity (Wildman–Crippen MR) is 73.5 cm³/mol. The number of methoxy groups -OCH3 is 1. The van der Waals surface area contributed by atoms with E-state index in [1.54, 1.807) is 7.11 Å².